The third kappa shape index (κ3) is 3.47. The summed E-state index contributed by atoms with van der Waals surface area (Å²) in [7, 11) is 0. The molecule has 1 amide bonds. The van der Waals surface area contributed by atoms with Crippen molar-refractivity contribution < 1.29 is 9.53 Å². The number of amides is 1. The lowest BCUT2D eigenvalue weighted by Crippen LogP contribution is -2.32. The Bertz CT molecular complexity index is 462. The third-order valence-electron chi connectivity index (χ3n) is 3.29. The molecule has 0 spiro atoms. The number of likely N-dealkylation sites (tertiary alicyclic amines) is 1. The summed E-state index contributed by atoms with van der Waals surface area (Å²) in [5, 5.41) is 3.63. The number of carbonyl (C=O) groups excluding carboxylic acids is 1. The maximum absolute atomic E-state index is 11.8. The summed E-state index contributed by atoms with van der Waals surface area (Å²) < 4.78 is 5.49. The van der Waals surface area contributed by atoms with Gasteiger partial charge < -0.3 is 15.5 Å². The number of hydrazone groups is 1. The van der Waals surface area contributed by atoms with E-state index in [0.717, 1.165) is 37.2 Å². The van der Waals surface area contributed by atoms with Crippen LogP contribution < -0.4 is 10.6 Å². The van der Waals surface area contributed by atoms with Crippen LogP contribution >= 0.6 is 0 Å². The summed E-state index contributed by atoms with van der Waals surface area (Å²) in [5.74, 6) is 5.96. The van der Waals surface area contributed by atoms with Gasteiger partial charge in [0, 0.05) is 13.1 Å². The zero-order chi connectivity index (χ0) is 13.7. The molecule has 1 fully saturated rings. The lowest BCUT2D eigenvalue weighted by Gasteiger charge is -2.15. The van der Waals surface area contributed by atoms with Gasteiger partial charge in [-0.1, -0.05) is 0 Å². The Labute approximate surface area is 113 Å². The fourth-order valence-electron chi connectivity index (χ4n) is 2.07. The molecule has 0 aromatic heterocycles. The molecule has 5 nitrogen and oxygen atoms in total. The fraction of sp³-hybridized carbons (Fsp3) is 0.429. The van der Waals surface area contributed by atoms with Crippen molar-refractivity contribution in [2.75, 3.05) is 19.7 Å². The molecule has 1 aliphatic rings. The summed E-state index contributed by atoms with van der Waals surface area (Å²) in [4.78, 5) is 13.7. The molecule has 1 aromatic carbocycles. The molecule has 0 atom stereocenters. The quantitative estimate of drug-likeness (QED) is 0.505. The molecular weight excluding hydrogens is 242 g/mol. The molecule has 1 aliphatic heterocycles. The van der Waals surface area contributed by atoms with Gasteiger partial charge in [0.2, 0.25) is 0 Å². The van der Waals surface area contributed by atoms with Crippen molar-refractivity contribution in [2.45, 2.75) is 19.8 Å². The summed E-state index contributed by atoms with van der Waals surface area (Å²) in [6.07, 6.45) is 2.19. The molecule has 0 bridgehead atoms. The van der Waals surface area contributed by atoms with Crippen LogP contribution in [0, 0.1) is 0 Å². The summed E-state index contributed by atoms with van der Waals surface area (Å²) in [6.45, 7) is 3.65. The topological polar surface area (TPSA) is 67.9 Å². The van der Waals surface area contributed by atoms with Gasteiger partial charge in [-0.2, -0.15) is 5.10 Å². The minimum atomic E-state index is 0.0567. The van der Waals surface area contributed by atoms with Crippen molar-refractivity contribution in [3.8, 4) is 5.75 Å². The first kappa shape index (κ1) is 13.4. The highest BCUT2D eigenvalue weighted by molar-refractivity contribution is 5.98. The Hall–Kier alpha value is -2.04. The number of hydrogen-bond donors (Lipinski definition) is 1. The van der Waals surface area contributed by atoms with Gasteiger partial charge in [0.25, 0.3) is 5.91 Å². The van der Waals surface area contributed by atoms with Crippen molar-refractivity contribution in [2.24, 2.45) is 10.9 Å². The smallest absolute Gasteiger partial charge is 0.260 e. The Morgan fingerprint density at radius 3 is 2.53 bits per heavy atom. The predicted molar refractivity (Wildman–Crippen MR) is 74.1 cm³/mol. The van der Waals surface area contributed by atoms with E-state index in [2.05, 4.69) is 5.10 Å². The van der Waals surface area contributed by atoms with E-state index in [9.17, 15) is 4.79 Å². The van der Waals surface area contributed by atoms with Gasteiger partial charge in [-0.15, -0.1) is 0 Å². The van der Waals surface area contributed by atoms with Crippen molar-refractivity contribution >= 4 is 11.6 Å². The van der Waals surface area contributed by atoms with Crippen LogP contribution in [0.15, 0.2) is 29.4 Å². The van der Waals surface area contributed by atoms with E-state index in [1.807, 2.05) is 36.1 Å². The normalized spacial score (nSPS) is 15.6. The number of nitrogens with zero attached hydrogens (tertiary/aromatic N) is 2. The molecule has 5 heteroatoms. The zero-order valence-electron chi connectivity index (χ0n) is 11.1. The SMILES string of the molecule is C/C(=N/N)c1ccc(OCC(=O)N2CCCC2)cc1. The minimum Gasteiger partial charge on any atom is -0.484 e. The number of hydrogen-bond acceptors (Lipinski definition) is 4. The van der Waals surface area contributed by atoms with Crippen molar-refractivity contribution in [1.82, 2.24) is 4.90 Å². The lowest BCUT2D eigenvalue weighted by molar-refractivity contribution is -0.132. The van der Waals surface area contributed by atoms with Gasteiger partial charge in [0.1, 0.15) is 5.75 Å². The molecule has 0 radical (unpaired) electrons. The Balaban J connectivity index is 1.87. The van der Waals surface area contributed by atoms with E-state index in [4.69, 9.17) is 10.6 Å². The number of carbonyl (C=O) groups is 1. The average Bonchev–Trinajstić information content (AvgIpc) is 2.98. The number of ether oxygens (including phenoxy) is 1. The highest BCUT2D eigenvalue weighted by atomic mass is 16.5. The van der Waals surface area contributed by atoms with Gasteiger partial charge in [0.05, 0.1) is 5.71 Å². The second-order valence-electron chi connectivity index (χ2n) is 4.62. The summed E-state index contributed by atoms with van der Waals surface area (Å²) in [6, 6.07) is 7.39. The molecule has 0 unspecified atom stereocenters. The second-order valence-corrected chi connectivity index (χ2v) is 4.62. The molecule has 2 rings (SSSR count). The molecule has 1 heterocycles. The van der Waals surface area contributed by atoms with E-state index >= 15 is 0 Å². The minimum absolute atomic E-state index is 0.0567. The van der Waals surface area contributed by atoms with Crippen molar-refractivity contribution in [3.05, 3.63) is 29.8 Å². The van der Waals surface area contributed by atoms with Crippen LogP contribution in [0.1, 0.15) is 25.3 Å². The molecule has 102 valence electrons. The van der Waals surface area contributed by atoms with Gasteiger partial charge >= 0.3 is 0 Å². The molecule has 2 N–H and O–H groups in total. The molecular formula is C14H19N3O2. The van der Waals surface area contributed by atoms with Crippen molar-refractivity contribution in [3.63, 3.8) is 0 Å². The van der Waals surface area contributed by atoms with Gasteiger partial charge in [-0.05, 0) is 49.6 Å². The predicted octanol–water partition coefficient (Wildman–Crippen LogP) is 1.37. The van der Waals surface area contributed by atoms with E-state index < -0.39 is 0 Å². The van der Waals surface area contributed by atoms with Crippen LogP contribution in [-0.2, 0) is 4.79 Å². The monoisotopic (exact) mass is 261 g/mol. The first-order chi connectivity index (χ1) is 9.20. The summed E-state index contributed by atoms with van der Waals surface area (Å²) >= 11 is 0. The van der Waals surface area contributed by atoms with E-state index in [1.165, 1.54) is 0 Å². The maximum Gasteiger partial charge on any atom is 0.260 e. The maximum atomic E-state index is 11.8. The lowest BCUT2D eigenvalue weighted by atomic mass is 10.1. The molecule has 19 heavy (non-hydrogen) atoms. The van der Waals surface area contributed by atoms with E-state index in [0.29, 0.717) is 5.75 Å². The van der Waals surface area contributed by atoms with Gasteiger partial charge in [-0.25, -0.2) is 0 Å². The van der Waals surface area contributed by atoms with E-state index in [-0.39, 0.29) is 12.5 Å². The Morgan fingerprint density at radius 1 is 1.32 bits per heavy atom. The van der Waals surface area contributed by atoms with Crippen molar-refractivity contribution in [1.29, 1.82) is 0 Å². The number of nitrogens with two attached hydrogens (primary N) is 1. The van der Waals surface area contributed by atoms with Gasteiger partial charge in [0.15, 0.2) is 6.61 Å². The number of rotatable bonds is 4. The van der Waals surface area contributed by atoms with E-state index in [1.54, 1.807) is 0 Å². The van der Waals surface area contributed by atoms with Crippen LogP contribution in [-0.4, -0.2) is 36.2 Å². The Morgan fingerprint density at radius 2 is 1.95 bits per heavy atom. The average molecular weight is 261 g/mol. The molecule has 0 aliphatic carbocycles. The molecule has 1 aromatic rings. The van der Waals surface area contributed by atoms with Crippen LogP contribution in [0.3, 0.4) is 0 Å². The number of benzene rings is 1. The van der Waals surface area contributed by atoms with Crippen LogP contribution in [0.2, 0.25) is 0 Å². The summed E-state index contributed by atoms with van der Waals surface area (Å²) in [5.41, 5.74) is 1.71. The first-order valence-electron chi connectivity index (χ1n) is 6.46. The fourth-order valence-corrected chi connectivity index (χ4v) is 2.07. The first-order valence-corrected chi connectivity index (χ1v) is 6.46. The zero-order valence-corrected chi connectivity index (χ0v) is 11.1. The van der Waals surface area contributed by atoms with Crippen LogP contribution in [0.25, 0.3) is 0 Å². The highest BCUT2D eigenvalue weighted by Crippen LogP contribution is 2.14. The highest BCUT2D eigenvalue weighted by Gasteiger charge is 2.17. The standard InChI is InChI=1S/C14H19N3O2/c1-11(16-15)12-4-6-13(7-5-12)19-10-14(18)17-8-2-3-9-17/h4-7H,2-3,8-10,15H2,1H3/b16-11-. The Kier molecular flexibility index (Phi) is 4.39. The molecule has 1 saturated heterocycles. The third-order valence-corrected chi connectivity index (χ3v) is 3.29. The largest absolute Gasteiger partial charge is 0.484 e. The van der Waals surface area contributed by atoms with Gasteiger partial charge in [-0.3, -0.25) is 4.79 Å². The molecule has 0 saturated carbocycles. The van der Waals surface area contributed by atoms with Crippen LogP contribution in [0.5, 0.6) is 5.75 Å². The second kappa shape index (κ2) is 6.22. The van der Waals surface area contributed by atoms with Crippen LogP contribution in [0.4, 0.5) is 0 Å².